The molecule has 0 spiro atoms. The molecule has 32 heavy (non-hydrogen) atoms. The number of anilines is 2. The third-order valence-corrected chi connectivity index (χ3v) is 6.91. The molecule has 0 amide bonds. The predicted octanol–water partition coefficient (Wildman–Crippen LogP) is 6.83. The Morgan fingerprint density at radius 1 is 0.938 bits per heavy atom. The zero-order chi connectivity index (χ0) is 22.1. The number of carbonyl (C=O) groups excluding carboxylic acids is 1. The van der Waals surface area contributed by atoms with Crippen molar-refractivity contribution < 1.29 is 9.53 Å². The van der Waals surface area contributed by atoms with Crippen molar-refractivity contribution in [3.8, 4) is 5.75 Å². The van der Waals surface area contributed by atoms with E-state index in [1.54, 1.807) is 0 Å². The van der Waals surface area contributed by atoms with Gasteiger partial charge in [-0.15, -0.1) is 0 Å². The van der Waals surface area contributed by atoms with Gasteiger partial charge in [0.2, 0.25) is 0 Å². The van der Waals surface area contributed by atoms with Gasteiger partial charge in [0.05, 0.1) is 24.0 Å². The lowest BCUT2D eigenvalue weighted by Crippen LogP contribution is -2.27. The Labute approximate surface area is 196 Å². The second kappa shape index (κ2) is 8.83. The highest BCUT2D eigenvalue weighted by molar-refractivity contribution is 9.10. The van der Waals surface area contributed by atoms with E-state index in [1.165, 1.54) is 0 Å². The highest BCUT2D eigenvalue weighted by Gasteiger charge is 2.36. The Morgan fingerprint density at radius 2 is 1.66 bits per heavy atom. The molecular weight excluding hydrogens is 464 g/mol. The minimum Gasteiger partial charge on any atom is -0.494 e. The van der Waals surface area contributed by atoms with Gasteiger partial charge in [-0.3, -0.25) is 4.79 Å². The fraction of sp³-hybridized carbons (Fsp3) is 0.222. The van der Waals surface area contributed by atoms with Crippen LogP contribution < -0.4 is 15.4 Å². The van der Waals surface area contributed by atoms with E-state index >= 15 is 0 Å². The van der Waals surface area contributed by atoms with Crippen LogP contribution in [-0.2, 0) is 4.79 Å². The van der Waals surface area contributed by atoms with Crippen LogP contribution in [0.5, 0.6) is 5.75 Å². The predicted molar refractivity (Wildman–Crippen MR) is 132 cm³/mol. The summed E-state index contributed by atoms with van der Waals surface area (Å²) >= 11 is 3.70. The monoisotopic (exact) mass is 488 g/mol. The molecule has 3 aromatic carbocycles. The van der Waals surface area contributed by atoms with Gasteiger partial charge in [-0.1, -0.05) is 58.4 Å². The SMILES string of the molecule is CCOc1ccc(C2CC(=O)C3=C(C2)Nc2ccccc2NC3c2ccccc2Br)cc1. The number of Topliss-reactive ketones (excluding diaryl/α,β-unsaturated/α-hetero) is 1. The minimum absolute atomic E-state index is 0.134. The third-order valence-electron chi connectivity index (χ3n) is 6.19. The average molecular weight is 489 g/mol. The average Bonchev–Trinajstić information content (AvgIpc) is 2.97. The Balaban J connectivity index is 1.56. The summed E-state index contributed by atoms with van der Waals surface area (Å²) in [6.07, 6.45) is 1.28. The van der Waals surface area contributed by atoms with Gasteiger partial charge in [-0.2, -0.15) is 0 Å². The van der Waals surface area contributed by atoms with Gasteiger partial charge in [0.15, 0.2) is 5.78 Å². The Morgan fingerprint density at radius 3 is 2.41 bits per heavy atom. The second-order valence-corrected chi connectivity index (χ2v) is 9.05. The van der Waals surface area contributed by atoms with E-state index in [9.17, 15) is 4.79 Å². The molecule has 2 unspecified atom stereocenters. The number of para-hydroxylation sites is 2. The number of fused-ring (bicyclic) bond motifs is 1. The number of ether oxygens (including phenoxy) is 1. The summed E-state index contributed by atoms with van der Waals surface area (Å²) in [6.45, 7) is 2.62. The lowest BCUT2D eigenvalue weighted by Gasteiger charge is -2.30. The Bertz CT molecular complexity index is 1190. The molecule has 4 nitrogen and oxygen atoms in total. The molecule has 0 radical (unpaired) electrons. The van der Waals surface area contributed by atoms with Crippen molar-refractivity contribution in [2.24, 2.45) is 0 Å². The van der Waals surface area contributed by atoms with E-state index in [0.29, 0.717) is 13.0 Å². The molecule has 5 rings (SSSR count). The van der Waals surface area contributed by atoms with Crippen molar-refractivity contribution in [2.75, 3.05) is 17.2 Å². The number of nitrogens with one attached hydrogen (secondary N) is 2. The van der Waals surface area contributed by atoms with Gasteiger partial charge < -0.3 is 15.4 Å². The number of rotatable bonds is 4. The molecule has 1 aliphatic carbocycles. The van der Waals surface area contributed by atoms with Gasteiger partial charge >= 0.3 is 0 Å². The van der Waals surface area contributed by atoms with Crippen LogP contribution in [0.3, 0.4) is 0 Å². The zero-order valence-electron chi connectivity index (χ0n) is 17.9. The van der Waals surface area contributed by atoms with Crippen LogP contribution in [0.15, 0.2) is 88.5 Å². The van der Waals surface area contributed by atoms with Crippen LogP contribution in [0.2, 0.25) is 0 Å². The minimum atomic E-state index is -0.217. The maximum atomic E-state index is 13.6. The van der Waals surface area contributed by atoms with Gasteiger partial charge in [-0.05, 0) is 60.7 Å². The van der Waals surface area contributed by atoms with Crippen LogP contribution in [0.25, 0.3) is 0 Å². The van der Waals surface area contributed by atoms with Gasteiger partial charge in [0.25, 0.3) is 0 Å². The van der Waals surface area contributed by atoms with Crippen LogP contribution in [-0.4, -0.2) is 12.4 Å². The molecule has 1 aliphatic heterocycles. The first kappa shape index (κ1) is 20.8. The molecule has 162 valence electrons. The fourth-order valence-electron chi connectivity index (χ4n) is 4.67. The molecule has 0 fully saturated rings. The first-order valence-electron chi connectivity index (χ1n) is 11.0. The fourth-order valence-corrected chi connectivity index (χ4v) is 5.19. The zero-order valence-corrected chi connectivity index (χ0v) is 19.5. The first-order chi connectivity index (χ1) is 15.6. The summed E-state index contributed by atoms with van der Waals surface area (Å²) in [7, 11) is 0. The summed E-state index contributed by atoms with van der Waals surface area (Å²) < 4.78 is 6.57. The molecule has 2 atom stereocenters. The van der Waals surface area contributed by atoms with E-state index in [0.717, 1.165) is 50.4 Å². The largest absolute Gasteiger partial charge is 0.494 e. The molecule has 1 heterocycles. The Hall–Kier alpha value is -3.05. The number of hydrogen-bond donors (Lipinski definition) is 2. The normalized spacial score (nSPS) is 19.9. The third kappa shape index (κ3) is 3.93. The second-order valence-electron chi connectivity index (χ2n) is 8.19. The topological polar surface area (TPSA) is 50.4 Å². The van der Waals surface area contributed by atoms with E-state index in [1.807, 2.05) is 49.4 Å². The summed E-state index contributed by atoms with van der Waals surface area (Å²) in [5.74, 6) is 1.17. The molecule has 5 heteroatoms. The molecule has 0 saturated carbocycles. The Kier molecular flexibility index (Phi) is 5.75. The standard InChI is InChI=1S/C27H25BrN2O2/c1-2-32-19-13-11-17(12-14-19)18-15-24-26(25(31)16-18)27(20-7-3-4-8-21(20)28)30-23-10-6-5-9-22(23)29-24/h3-14,18,27,29-30H,2,15-16H2,1H3. The van der Waals surface area contributed by atoms with Crippen LogP contribution in [0, 0.1) is 0 Å². The summed E-state index contributed by atoms with van der Waals surface area (Å²) in [5.41, 5.74) is 6.04. The number of benzene rings is 3. The van der Waals surface area contributed by atoms with Crippen molar-refractivity contribution >= 4 is 33.1 Å². The van der Waals surface area contributed by atoms with Crippen molar-refractivity contribution in [3.63, 3.8) is 0 Å². The first-order valence-corrected chi connectivity index (χ1v) is 11.8. The van der Waals surface area contributed by atoms with Gasteiger partial charge in [-0.25, -0.2) is 0 Å². The van der Waals surface area contributed by atoms with Crippen LogP contribution >= 0.6 is 15.9 Å². The maximum absolute atomic E-state index is 13.6. The molecular formula is C27H25BrN2O2. The molecule has 0 bridgehead atoms. The van der Waals surface area contributed by atoms with Crippen molar-refractivity contribution in [2.45, 2.75) is 31.7 Å². The van der Waals surface area contributed by atoms with E-state index in [4.69, 9.17) is 4.74 Å². The van der Waals surface area contributed by atoms with Crippen LogP contribution in [0.1, 0.15) is 42.9 Å². The maximum Gasteiger partial charge on any atom is 0.163 e. The van der Waals surface area contributed by atoms with E-state index in [-0.39, 0.29) is 17.7 Å². The summed E-state index contributed by atoms with van der Waals surface area (Å²) in [4.78, 5) is 13.6. The lowest BCUT2D eigenvalue weighted by molar-refractivity contribution is -0.116. The molecule has 3 aromatic rings. The quantitative estimate of drug-likeness (QED) is 0.422. The lowest BCUT2D eigenvalue weighted by atomic mass is 9.78. The number of allylic oxidation sites excluding steroid dienone is 1. The van der Waals surface area contributed by atoms with Crippen molar-refractivity contribution in [1.82, 2.24) is 0 Å². The number of carbonyl (C=O) groups is 1. The molecule has 0 aromatic heterocycles. The van der Waals surface area contributed by atoms with Crippen molar-refractivity contribution in [1.29, 1.82) is 0 Å². The molecule has 0 saturated heterocycles. The van der Waals surface area contributed by atoms with Gasteiger partial charge in [0, 0.05) is 22.2 Å². The highest BCUT2D eigenvalue weighted by Crippen LogP contribution is 2.45. The number of ketones is 1. The molecule has 2 N–H and O–H groups in total. The van der Waals surface area contributed by atoms with E-state index in [2.05, 4.69) is 56.9 Å². The summed E-state index contributed by atoms with van der Waals surface area (Å²) in [5, 5.41) is 7.23. The summed E-state index contributed by atoms with van der Waals surface area (Å²) in [6, 6.07) is 24.2. The van der Waals surface area contributed by atoms with Crippen LogP contribution in [0.4, 0.5) is 11.4 Å². The van der Waals surface area contributed by atoms with E-state index < -0.39 is 0 Å². The number of hydrogen-bond acceptors (Lipinski definition) is 4. The van der Waals surface area contributed by atoms with Gasteiger partial charge in [0.1, 0.15) is 5.75 Å². The molecule has 2 aliphatic rings. The van der Waals surface area contributed by atoms with Crippen molar-refractivity contribution in [3.05, 3.63) is 99.7 Å². The highest BCUT2D eigenvalue weighted by atomic mass is 79.9. The smallest absolute Gasteiger partial charge is 0.163 e. The number of halogens is 1.